The van der Waals surface area contributed by atoms with E-state index >= 15 is 0 Å². The van der Waals surface area contributed by atoms with E-state index in [2.05, 4.69) is 43.4 Å². The molecule has 3 rings (SSSR count). The molecule has 0 aliphatic carbocycles. The average Bonchev–Trinajstić information content (AvgIpc) is 2.83. The molecule has 0 radical (unpaired) electrons. The molecule has 0 bridgehead atoms. The largest absolute Gasteiger partial charge is 0.512 e. The van der Waals surface area contributed by atoms with Gasteiger partial charge in [-0.05, 0) is 24.1 Å². The van der Waals surface area contributed by atoms with Crippen molar-refractivity contribution in [2.75, 3.05) is 13.6 Å². The molecule has 0 fully saturated rings. The van der Waals surface area contributed by atoms with Crippen LogP contribution in [0.25, 0.3) is 0 Å². The fraction of sp³-hybridized carbons (Fsp3) is 0.222. The van der Waals surface area contributed by atoms with Crippen LogP contribution < -0.4 is 0 Å². The Balaban J connectivity index is 1.62. The monoisotopic (exact) mass is 281 g/mol. The first kappa shape index (κ1) is 14.1. The van der Waals surface area contributed by atoms with Gasteiger partial charge in [-0.1, -0.05) is 48.0 Å². The van der Waals surface area contributed by atoms with Gasteiger partial charge in [0.2, 0.25) is 7.41 Å². The average molecular weight is 281 g/mol. The molecular formula is C18H21BFN. The van der Waals surface area contributed by atoms with Gasteiger partial charge in [-0.25, -0.2) is 4.39 Å². The predicted molar refractivity (Wildman–Crippen MR) is 87.9 cm³/mol. The van der Waals surface area contributed by atoms with Gasteiger partial charge in [0, 0.05) is 12.6 Å². The second kappa shape index (κ2) is 5.86. The van der Waals surface area contributed by atoms with Crippen LogP contribution in [0.5, 0.6) is 0 Å². The highest BCUT2D eigenvalue weighted by Crippen LogP contribution is 2.22. The van der Waals surface area contributed by atoms with Crippen LogP contribution in [-0.4, -0.2) is 25.4 Å². The first-order chi connectivity index (χ1) is 10.1. The summed E-state index contributed by atoms with van der Waals surface area (Å²) in [7, 11) is 2.24. The number of hydrogen-bond donors (Lipinski definition) is 0. The Bertz CT molecular complexity index is 636. The standard InChI is InChI=1S/C18H21BFN/c1-21(13-16-5-3-2-4-6-16)14-17(12-19-21)11-15-7-9-18(20)10-8-15/h2-10,12H,11,13-14,19H2,1H3/t21-/m0/s1. The lowest BCUT2D eigenvalue weighted by atomic mass is 9.90. The van der Waals surface area contributed by atoms with E-state index in [-0.39, 0.29) is 13.2 Å². The molecule has 0 amide bonds. The van der Waals surface area contributed by atoms with Crippen LogP contribution in [0.15, 0.2) is 66.1 Å². The molecule has 1 aliphatic rings. The van der Waals surface area contributed by atoms with Gasteiger partial charge in [-0.15, -0.1) is 0 Å². The number of quaternary nitrogens is 1. The lowest BCUT2D eigenvalue weighted by Gasteiger charge is -2.39. The van der Waals surface area contributed by atoms with E-state index in [0.29, 0.717) is 0 Å². The molecule has 0 aromatic heterocycles. The van der Waals surface area contributed by atoms with Gasteiger partial charge in [0.25, 0.3) is 0 Å². The van der Waals surface area contributed by atoms with E-state index < -0.39 is 0 Å². The van der Waals surface area contributed by atoms with Gasteiger partial charge < -0.3 is 4.39 Å². The fourth-order valence-electron chi connectivity index (χ4n) is 3.47. The Kier molecular flexibility index (Phi) is 3.93. The summed E-state index contributed by atoms with van der Waals surface area (Å²) in [6, 6.07) is 17.6. The molecule has 3 heteroatoms. The molecule has 108 valence electrons. The lowest BCUT2D eigenvalue weighted by Crippen LogP contribution is -2.43. The first-order valence-corrected chi connectivity index (χ1v) is 7.73. The van der Waals surface area contributed by atoms with Crippen LogP contribution in [0.4, 0.5) is 4.39 Å². The highest BCUT2D eigenvalue weighted by Gasteiger charge is 2.22. The molecule has 2 aromatic carbocycles. The zero-order valence-electron chi connectivity index (χ0n) is 12.7. The van der Waals surface area contributed by atoms with Crippen molar-refractivity contribution in [1.82, 2.24) is 0 Å². The minimum atomic E-state index is -0.155. The molecule has 1 heterocycles. The zero-order chi connectivity index (χ0) is 14.7. The van der Waals surface area contributed by atoms with Gasteiger partial charge in [-0.2, -0.15) is 5.98 Å². The van der Waals surface area contributed by atoms with Crippen LogP contribution >= 0.6 is 0 Å². The van der Waals surface area contributed by atoms with Gasteiger partial charge in [0.1, 0.15) is 5.82 Å². The second-order valence-electron chi connectivity index (χ2n) is 6.75. The van der Waals surface area contributed by atoms with Crippen molar-refractivity contribution in [3.8, 4) is 0 Å². The molecule has 1 aliphatic heterocycles. The second-order valence-corrected chi connectivity index (χ2v) is 6.75. The van der Waals surface area contributed by atoms with Crippen molar-refractivity contribution in [3.05, 3.63) is 83.1 Å². The highest BCUT2D eigenvalue weighted by molar-refractivity contribution is 6.34. The van der Waals surface area contributed by atoms with Gasteiger partial charge in [0.15, 0.2) is 0 Å². The molecule has 1 nitrogen and oxygen atoms in total. The minimum absolute atomic E-state index is 0.120. The summed E-state index contributed by atoms with van der Waals surface area (Å²) >= 11 is 0. The van der Waals surface area contributed by atoms with Crippen LogP contribution in [0.3, 0.4) is 0 Å². The lowest BCUT2D eigenvalue weighted by molar-refractivity contribution is -0.806. The fourth-order valence-corrected chi connectivity index (χ4v) is 3.47. The van der Waals surface area contributed by atoms with Crippen LogP contribution in [0.1, 0.15) is 11.1 Å². The van der Waals surface area contributed by atoms with Crippen molar-refractivity contribution < 1.29 is 8.78 Å². The third-order valence-electron chi connectivity index (χ3n) is 4.59. The summed E-state index contributed by atoms with van der Waals surface area (Å²) in [5.74, 6) is 2.32. The Hall–Kier alpha value is -1.87. The number of benzene rings is 2. The maximum Gasteiger partial charge on any atom is 0.203 e. The topological polar surface area (TPSA) is 0 Å². The normalized spacial score (nSPS) is 21.3. The predicted octanol–water partition coefficient (Wildman–Crippen LogP) is 3.00. The third-order valence-corrected chi connectivity index (χ3v) is 4.59. The summed E-state index contributed by atoms with van der Waals surface area (Å²) in [6.45, 7) is 2.25. The number of rotatable bonds is 4. The Morgan fingerprint density at radius 1 is 1.00 bits per heavy atom. The van der Waals surface area contributed by atoms with Gasteiger partial charge >= 0.3 is 0 Å². The first-order valence-electron chi connectivity index (χ1n) is 7.73. The number of likely N-dealkylation sites (N-methyl/N-ethyl adjacent to an activating group) is 1. The number of halogens is 1. The van der Waals surface area contributed by atoms with E-state index in [9.17, 15) is 4.39 Å². The van der Waals surface area contributed by atoms with E-state index in [1.807, 2.05) is 12.1 Å². The summed E-state index contributed by atoms with van der Waals surface area (Å²) in [6.07, 6.45) is 0.965. The Labute approximate surface area is 126 Å². The highest BCUT2D eigenvalue weighted by atomic mass is 19.1. The SMILES string of the molecule is C[N@@+]1(Cc2ccccc2)[BH2-]C=C(Cc2ccc(F)cc2)C1. The zero-order valence-corrected chi connectivity index (χ0v) is 12.7. The summed E-state index contributed by atoms with van der Waals surface area (Å²) in [5.41, 5.74) is 4.14. The summed E-state index contributed by atoms with van der Waals surface area (Å²) in [4.78, 5) is 0. The van der Waals surface area contributed by atoms with E-state index in [0.717, 1.165) is 23.9 Å². The smallest absolute Gasteiger partial charge is 0.203 e. The molecule has 1 atom stereocenters. The molecule has 2 aromatic rings. The van der Waals surface area contributed by atoms with Crippen molar-refractivity contribution >= 4 is 7.41 Å². The van der Waals surface area contributed by atoms with Gasteiger partial charge in [-0.3, -0.25) is 0 Å². The molecular weight excluding hydrogens is 260 g/mol. The molecule has 21 heavy (non-hydrogen) atoms. The maximum atomic E-state index is 13.0. The summed E-state index contributed by atoms with van der Waals surface area (Å²) < 4.78 is 14.1. The quantitative estimate of drug-likeness (QED) is 0.756. The van der Waals surface area contributed by atoms with Gasteiger partial charge in [0.05, 0.1) is 13.1 Å². The minimum Gasteiger partial charge on any atom is -0.512 e. The number of nitrogens with zero attached hydrogens (tertiary/aromatic N) is 1. The van der Waals surface area contributed by atoms with E-state index in [1.165, 1.54) is 16.7 Å². The molecule has 0 saturated heterocycles. The molecule has 0 unspecified atom stereocenters. The Morgan fingerprint density at radius 2 is 1.71 bits per heavy atom. The maximum absolute atomic E-state index is 13.0. The molecule has 0 spiro atoms. The van der Waals surface area contributed by atoms with Crippen molar-refractivity contribution in [2.24, 2.45) is 0 Å². The van der Waals surface area contributed by atoms with E-state index in [4.69, 9.17) is 0 Å². The van der Waals surface area contributed by atoms with Crippen molar-refractivity contribution in [3.63, 3.8) is 0 Å². The van der Waals surface area contributed by atoms with Crippen LogP contribution in [0.2, 0.25) is 0 Å². The van der Waals surface area contributed by atoms with Crippen LogP contribution in [0, 0.1) is 5.82 Å². The van der Waals surface area contributed by atoms with Crippen LogP contribution in [-0.2, 0) is 13.0 Å². The molecule has 0 saturated carbocycles. The number of hydrogen-bond acceptors (Lipinski definition) is 0. The molecule has 0 N–H and O–H groups in total. The van der Waals surface area contributed by atoms with Crippen molar-refractivity contribution in [1.29, 1.82) is 0 Å². The third kappa shape index (κ3) is 3.62. The van der Waals surface area contributed by atoms with Crippen molar-refractivity contribution in [2.45, 2.75) is 13.0 Å². The Morgan fingerprint density at radius 3 is 2.43 bits per heavy atom. The van der Waals surface area contributed by atoms with E-state index in [1.54, 1.807) is 12.1 Å². The summed E-state index contributed by atoms with van der Waals surface area (Å²) in [5, 5.41) is 0.